The number of amides is 2. The zero-order valence-corrected chi connectivity index (χ0v) is 25.1. The minimum Gasteiger partial charge on any atom is -0.297 e. The first-order valence-electron chi connectivity index (χ1n) is 15.4. The Morgan fingerprint density at radius 3 is 1.31 bits per heavy atom. The highest BCUT2D eigenvalue weighted by atomic mass is 16.2. The van der Waals surface area contributed by atoms with Gasteiger partial charge in [-0.2, -0.15) is 0 Å². The van der Waals surface area contributed by atoms with E-state index in [1.165, 1.54) is 4.90 Å². The molecule has 1 heterocycles. The first kappa shape index (κ1) is 27.2. The molecule has 1 saturated carbocycles. The summed E-state index contributed by atoms with van der Waals surface area (Å²) in [6.45, 7) is 3.93. The summed E-state index contributed by atoms with van der Waals surface area (Å²) in [7, 11) is 0. The van der Waals surface area contributed by atoms with Crippen LogP contribution < -0.4 is 4.90 Å². The Bertz CT molecular complexity index is 1910. The molecule has 0 N–H and O–H groups in total. The lowest BCUT2D eigenvalue weighted by Gasteiger charge is -2.39. The van der Waals surface area contributed by atoms with Crippen molar-refractivity contribution in [3.8, 4) is 0 Å². The SMILES string of the molecule is Cc1ccc(N2C(=O)[C@@H]3[C@@H](C2=O)[C@@]2(c4ccccc4)C(=O)[C@@]3(c3ccccc3)C(c3ccccc3)=C2c2ccccc2)c(C)c1. The minimum absolute atomic E-state index is 0.109. The van der Waals surface area contributed by atoms with Gasteiger partial charge in [-0.05, 0) is 58.9 Å². The molecule has 4 atom stereocenters. The van der Waals surface area contributed by atoms with Crippen LogP contribution in [0.2, 0.25) is 0 Å². The van der Waals surface area contributed by atoms with Gasteiger partial charge in [0, 0.05) is 0 Å². The van der Waals surface area contributed by atoms with Gasteiger partial charge in [-0.1, -0.05) is 139 Å². The number of allylic oxidation sites excluding steroid dienone is 2. The van der Waals surface area contributed by atoms with Crippen molar-refractivity contribution >= 4 is 34.4 Å². The van der Waals surface area contributed by atoms with Crippen molar-refractivity contribution in [1.82, 2.24) is 0 Å². The standard InChI is InChI=1S/C41H31NO3/c1-26-23-24-32(27(2)25-26)42-37(43)35-36(38(42)44)41(31-21-13-6-14-22-31)34(29-17-9-4-10-18-29)33(28-15-7-3-8-16-28)40(35,39(41)45)30-19-11-5-12-20-30/h3-25,35-36H,1-2H3/t35-,36-,40-,41-/m0/s1. The molecule has 0 aromatic heterocycles. The number of hydrogen-bond acceptors (Lipinski definition) is 3. The molecule has 1 saturated heterocycles. The molecular weight excluding hydrogens is 554 g/mol. The number of aryl methyl sites for hydroxylation is 2. The fourth-order valence-electron chi connectivity index (χ4n) is 8.63. The maximum absolute atomic E-state index is 15.9. The van der Waals surface area contributed by atoms with Gasteiger partial charge in [-0.25, -0.2) is 4.90 Å². The van der Waals surface area contributed by atoms with E-state index in [0.717, 1.165) is 44.5 Å². The Kier molecular flexibility index (Phi) is 5.95. The van der Waals surface area contributed by atoms with E-state index < -0.39 is 22.7 Å². The molecule has 4 nitrogen and oxygen atoms in total. The minimum atomic E-state index is -1.39. The molecule has 8 rings (SSSR count). The Balaban J connectivity index is 1.55. The number of hydrogen-bond donors (Lipinski definition) is 0. The smallest absolute Gasteiger partial charge is 0.239 e. The Morgan fingerprint density at radius 2 is 0.911 bits per heavy atom. The number of fused-ring (bicyclic) bond motifs is 5. The number of rotatable bonds is 5. The molecule has 5 aromatic carbocycles. The quantitative estimate of drug-likeness (QED) is 0.201. The lowest BCUT2D eigenvalue weighted by molar-refractivity contribution is -0.130. The maximum Gasteiger partial charge on any atom is 0.239 e. The first-order valence-corrected chi connectivity index (χ1v) is 15.4. The summed E-state index contributed by atoms with van der Waals surface area (Å²) in [6.07, 6.45) is 0. The second kappa shape index (κ2) is 9.83. The Labute approximate surface area is 262 Å². The van der Waals surface area contributed by atoms with Crippen LogP contribution >= 0.6 is 0 Å². The number of benzene rings is 5. The van der Waals surface area contributed by atoms with Crippen LogP contribution in [0.15, 0.2) is 140 Å². The number of imide groups is 1. The summed E-state index contributed by atoms with van der Waals surface area (Å²) in [5.41, 5.74) is 4.49. The van der Waals surface area contributed by atoms with Gasteiger partial charge >= 0.3 is 0 Å². The molecule has 218 valence electrons. The third kappa shape index (κ3) is 3.40. The molecular formula is C41H31NO3. The fourth-order valence-corrected chi connectivity index (χ4v) is 8.63. The monoisotopic (exact) mass is 585 g/mol. The van der Waals surface area contributed by atoms with E-state index in [-0.39, 0.29) is 17.6 Å². The van der Waals surface area contributed by atoms with Crippen molar-refractivity contribution in [2.75, 3.05) is 4.90 Å². The number of ketones is 1. The van der Waals surface area contributed by atoms with E-state index in [4.69, 9.17) is 0 Å². The number of carbonyl (C=O) groups excluding carboxylic acids is 3. The lowest BCUT2D eigenvalue weighted by atomic mass is 9.59. The van der Waals surface area contributed by atoms with Crippen molar-refractivity contribution in [2.24, 2.45) is 11.8 Å². The molecule has 3 aliphatic rings. The van der Waals surface area contributed by atoms with E-state index in [1.54, 1.807) is 0 Å². The van der Waals surface area contributed by atoms with Crippen LogP contribution in [0.1, 0.15) is 33.4 Å². The van der Waals surface area contributed by atoms with Crippen LogP contribution in [-0.2, 0) is 25.2 Å². The van der Waals surface area contributed by atoms with E-state index in [1.807, 2.05) is 153 Å². The van der Waals surface area contributed by atoms with Crippen LogP contribution in [-0.4, -0.2) is 17.6 Å². The summed E-state index contributed by atoms with van der Waals surface area (Å²) >= 11 is 0. The van der Waals surface area contributed by atoms with Crippen molar-refractivity contribution < 1.29 is 14.4 Å². The highest BCUT2D eigenvalue weighted by Crippen LogP contribution is 2.74. The van der Waals surface area contributed by atoms with E-state index in [2.05, 4.69) is 0 Å². The summed E-state index contributed by atoms with van der Waals surface area (Å²) < 4.78 is 0. The molecule has 4 heteroatoms. The molecule has 1 aliphatic heterocycles. The average molecular weight is 586 g/mol. The van der Waals surface area contributed by atoms with Crippen LogP contribution in [0, 0.1) is 25.7 Å². The summed E-state index contributed by atoms with van der Waals surface area (Å²) in [5, 5.41) is 0. The van der Waals surface area contributed by atoms with Crippen LogP contribution in [0.5, 0.6) is 0 Å². The topological polar surface area (TPSA) is 54.5 Å². The van der Waals surface area contributed by atoms with Gasteiger partial charge in [0.1, 0.15) is 0 Å². The second-order valence-corrected chi connectivity index (χ2v) is 12.4. The van der Waals surface area contributed by atoms with Crippen LogP contribution in [0.4, 0.5) is 5.69 Å². The van der Waals surface area contributed by atoms with Crippen molar-refractivity contribution in [3.05, 3.63) is 173 Å². The summed E-state index contributed by atoms with van der Waals surface area (Å²) in [4.78, 5) is 47.4. The number of nitrogens with zero attached hydrogens (tertiary/aromatic N) is 1. The predicted octanol–water partition coefficient (Wildman–Crippen LogP) is 7.49. The fraction of sp³-hybridized carbons (Fsp3) is 0.146. The molecule has 2 bridgehead atoms. The van der Waals surface area contributed by atoms with Crippen molar-refractivity contribution in [1.29, 1.82) is 0 Å². The average Bonchev–Trinajstić information content (AvgIpc) is 3.58. The van der Waals surface area contributed by atoms with Crippen LogP contribution in [0.25, 0.3) is 11.1 Å². The number of anilines is 1. The molecule has 2 amide bonds. The second-order valence-electron chi connectivity index (χ2n) is 12.4. The third-order valence-electron chi connectivity index (χ3n) is 10.2. The van der Waals surface area contributed by atoms with Gasteiger partial charge < -0.3 is 0 Å². The number of carbonyl (C=O) groups is 3. The van der Waals surface area contributed by atoms with Crippen LogP contribution in [0.3, 0.4) is 0 Å². The Morgan fingerprint density at radius 1 is 0.511 bits per heavy atom. The van der Waals surface area contributed by atoms with Gasteiger partial charge in [-0.3, -0.25) is 14.4 Å². The molecule has 5 aromatic rings. The summed E-state index contributed by atoms with van der Waals surface area (Å²) in [6, 6.07) is 45.0. The van der Waals surface area contributed by atoms with Gasteiger partial charge in [-0.15, -0.1) is 0 Å². The number of Topliss-reactive ketones (excluding diaryl/α,β-unsaturated/α-hetero) is 1. The zero-order chi connectivity index (χ0) is 30.9. The normalized spacial score (nSPS) is 25.3. The van der Waals surface area contributed by atoms with Gasteiger partial charge in [0.15, 0.2) is 5.78 Å². The molecule has 45 heavy (non-hydrogen) atoms. The van der Waals surface area contributed by atoms with E-state index >= 15 is 14.4 Å². The van der Waals surface area contributed by atoms with E-state index in [0.29, 0.717) is 5.69 Å². The van der Waals surface area contributed by atoms with Gasteiger partial charge in [0.2, 0.25) is 11.8 Å². The maximum atomic E-state index is 15.9. The molecule has 0 unspecified atom stereocenters. The molecule has 2 aliphatic carbocycles. The van der Waals surface area contributed by atoms with Gasteiger partial charge in [0.25, 0.3) is 0 Å². The molecule has 0 spiro atoms. The first-order chi connectivity index (χ1) is 21.9. The zero-order valence-electron chi connectivity index (χ0n) is 25.1. The molecule has 2 fully saturated rings. The van der Waals surface area contributed by atoms with Crippen molar-refractivity contribution in [2.45, 2.75) is 24.7 Å². The van der Waals surface area contributed by atoms with Crippen molar-refractivity contribution in [3.63, 3.8) is 0 Å². The lowest BCUT2D eigenvalue weighted by Crippen LogP contribution is -2.45. The van der Waals surface area contributed by atoms with Gasteiger partial charge in [0.05, 0.1) is 28.4 Å². The largest absolute Gasteiger partial charge is 0.297 e. The summed E-state index contributed by atoms with van der Waals surface area (Å²) in [5.74, 6) is -2.62. The van der Waals surface area contributed by atoms with E-state index in [9.17, 15) is 0 Å². The highest BCUT2D eigenvalue weighted by molar-refractivity contribution is 6.39. The predicted molar refractivity (Wildman–Crippen MR) is 176 cm³/mol. The Hall–Kier alpha value is -5.35. The third-order valence-corrected chi connectivity index (χ3v) is 10.2. The highest BCUT2D eigenvalue weighted by Gasteiger charge is 2.82. The molecule has 0 radical (unpaired) electrons.